The summed E-state index contributed by atoms with van der Waals surface area (Å²) < 4.78 is 13.0. The third kappa shape index (κ3) is 4.33. The molecule has 2 N–H and O–H groups in total. The molecule has 20 heavy (non-hydrogen) atoms. The Labute approximate surface area is 137 Å². The second kappa shape index (κ2) is 7.24. The Bertz CT molecular complexity index is 453. The lowest BCUT2D eigenvalue weighted by molar-refractivity contribution is 0.614. The lowest BCUT2D eigenvalue weighted by Crippen LogP contribution is -2.43. The number of benzene rings is 1. The van der Waals surface area contributed by atoms with Crippen molar-refractivity contribution in [3.8, 4) is 0 Å². The van der Waals surface area contributed by atoms with Crippen molar-refractivity contribution in [2.45, 2.75) is 38.1 Å². The minimum Gasteiger partial charge on any atom is -0.356 e. The third-order valence-electron chi connectivity index (χ3n) is 3.55. The van der Waals surface area contributed by atoms with Gasteiger partial charge in [-0.1, -0.05) is 12.1 Å². The third-order valence-corrected chi connectivity index (χ3v) is 3.55. The first kappa shape index (κ1) is 17.2. The van der Waals surface area contributed by atoms with Gasteiger partial charge in [0.15, 0.2) is 5.96 Å². The van der Waals surface area contributed by atoms with E-state index in [1.807, 2.05) is 12.1 Å². The van der Waals surface area contributed by atoms with Crippen LogP contribution in [0, 0.1) is 5.82 Å². The van der Waals surface area contributed by atoms with Crippen LogP contribution < -0.4 is 10.6 Å². The first-order valence-electron chi connectivity index (χ1n) is 6.79. The minimum atomic E-state index is -0.176. The van der Waals surface area contributed by atoms with E-state index in [1.54, 1.807) is 7.05 Å². The zero-order valence-electron chi connectivity index (χ0n) is 12.2. The molecule has 2 rings (SSSR count). The Morgan fingerprint density at radius 3 is 2.35 bits per heavy atom. The highest BCUT2D eigenvalue weighted by Crippen LogP contribution is 2.47. The minimum absolute atomic E-state index is 0. The van der Waals surface area contributed by atoms with E-state index in [1.165, 1.54) is 17.7 Å². The number of hydrogen-bond acceptors (Lipinski definition) is 1. The van der Waals surface area contributed by atoms with Crippen LogP contribution >= 0.6 is 24.0 Å². The van der Waals surface area contributed by atoms with Gasteiger partial charge in [-0.05, 0) is 44.4 Å². The van der Waals surface area contributed by atoms with Crippen LogP contribution in [0.5, 0.6) is 0 Å². The number of hydrogen-bond donors (Lipinski definition) is 2. The van der Waals surface area contributed by atoms with Crippen LogP contribution in [0.2, 0.25) is 0 Å². The highest BCUT2D eigenvalue weighted by atomic mass is 127. The molecule has 112 valence electrons. The monoisotopic (exact) mass is 391 g/mol. The fourth-order valence-electron chi connectivity index (χ4n) is 2.24. The normalized spacial score (nSPS) is 16.6. The molecule has 0 radical (unpaired) electrons. The van der Waals surface area contributed by atoms with Gasteiger partial charge in [0.2, 0.25) is 0 Å². The molecule has 1 aliphatic rings. The molecule has 1 saturated carbocycles. The van der Waals surface area contributed by atoms with Crippen LogP contribution in [0.15, 0.2) is 29.3 Å². The molecular weight excluding hydrogens is 368 g/mol. The molecule has 0 unspecified atom stereocenters. The van der Waals surface area contributed by atoms with Crippen molar-refractivity contribution in [2.75, 3.05) is 13.6 Å². The summed E-state index contributed by atoms with van der Waals surface area (Å²) in [4.78, 5) is 4.20. The molecule has 0 saturated heterocycles. The summed E-state index contributed by atoms with van der Waals surface area (Å²) >= 11 is 0. The van der Waals surface area contributed by atoms with Gasteiger partial charge in [-0.3, -0.25) is 4.99 Å². The molecule has 0 heterocycles. The van der Waals surface area contributed by atoms with Gasteiger partial charge in [0.1, 0.15) is 5.82 Å². The maximum atomic E-state index is 13.0. The molecule has 3 nitrogen and oxygen atoms in total. The number of guanidine groups is 1. The first-order valence-corrected chi connectivity index (χ1v) is 6.79. The van der Waals surface area contributed by atoms with Crippen molar-refractivity contribution in [3.63, 3.8) is 0 Å². The molecule has 0 aromatic heterocycles. The van der Waals surface area contributed by atoms with Gasteiger partial charge in [-0.2, -0.15) is 0 Å². The van der Waals surface area contributed by atoms with Gasteiger partial charge in [0, 0.05) is 25.0 Å². The van der Waals surface area contributed by atoms with E-state index in [0.717, 1.165) is 25.3 Å². The van der Waals surface area contributed by atoms with Gasteiger partial charge in [0.25, 0.3) is 0 Å². The van der Waals surface area contributed by atoms with Crippen LogP contribution in [-0.4, -0.2) is 25.6 Å². The van der Waals surface area contributed by atoms with Crippen molar-refractivity contribution in [3.05, 3.63) is 35.6 Å². The summed E-state index contributed by atoms with van der Waals surface area (Å²) in [5, 5.41) is 6.63. The molecule has 0 aliphatic heterocycles. The molecular formula is C15H23FIN3. The van der Waals surface area contributed by atoms with Gasteiger partial charge < -0.3 is 10.6 Å². The van der Waals surface area contributed by atoms with E-state index in [0.29, 0.717) is 6.04 Å². The second-order valence-corrected chi connectivity index (χ2v) is 5.51. The SMILES string of the molecule is CN=C(NCC1(c2ccc(F)cc2)CC1)NC(C)C.I. The summed E-state index contributed by atoms with van der Waals surface area (Å²) in [6.45, 7) is 5.00. The lowest BCUT2D eigenvalue weighted by Gasteiger charge is -2.20. The van der Waals surface area contributed by atoms with E-state index in [4.69, 9.17) is 0 Å². The molecule has 0 atom stereocenters. The first-order chi connectivity index (χ1) is 9.05. The zero-order chi connectivity index (χ0) is 13.9. The fraction of sp³-hybridized carbons (Fsp3) is 0.533. The van der Waals surface area contributed by atoms with Crippen LogP contribution in [0.3, 0.4) is 0 Å². The van der Waals surface area contributed by atoms with Crippen LogP contribution in [-0.2, 0) is 5.41 Å². The largest absolute Gasteiger partial charge is 0.356 e. The van der Waals surface area contributed by atoms with E-state index in [-0.39, 0.29) is 35.2 Å². The van der Waals surface area contributed by atoms with E-state index in [2.05, 4.69) is 29.5 Å². The average Bonchev–Trinajstić information content (AvgIpc) is 3.16. The highest BCUT2D eigenvalue weighted by molar-refractivity contribution is 14.0. The smallest absolute Gasteiger partial charge is 0.191 e. The Kier molecular flexibility index (Phi) is 6.23. The summed E-state index contributed by atoms with van der Waals surface area (Å²) in [5.41, 5.74) is 1.36. The van der Waals surface area contributed by atoms with Crippen molar-refractivity contribution in [1.82, 2.24) is 10.6 Å². The standard InChI is InChI=1S/C15H22FN3.HI/c1-11(2)19-14(17-3)18-10-15(8-9-15)12-4-6-13(16)7-5-12;/h4-7,11H,8-10H2,1-3H3,(H2,17,18,19);1H. The maximum absolute atomic E-state index is 13.0. The van der Waals surface area contributed by atoms with Crippen LogP contribution in [0.4, 0.5) is 4.39 Å². The summed E-state index contributed by atoms with van der Waals surface area (Å²) in [7, 11) is 1.77. The van der Waals surface area contributed by atoms with Gasteiger partial charge in [-0.15, -0.1) is 24.0 Å². The molecule has 1 aromatic carbocycles. The van der Waals surface area contributed by atoms with Crippen LogP contribution in [0.25, 0.3) is 0 Å². The summed E-state index contributed by atoms with van der Waals surface area (Å²) in [5.74, 6) is 0.646. The summed E-state index contributed by atoms with van der Waals surface area (Å²) in [6, 6.07) is 7.21. The van der Waals surface area contributed by atoms with Gasteiger partial charge in [0.05, 0.1) is 0 Å². The topological polar surface area (TPSA) is 36.4 Å². The Hall–Kier alpha value is -0.850. The molecule has 0 bridgehead atoms. The second-order valence-electron chi connectivity index (χ2n) is 5.51. The zero-order valence-corrected chi connectivity index (χ0v) is 14.6. The van der Waals surface area contributed by atoms with Crippen LogP contribution in [0.1, 0.15) is 32.3 Å². The number of nitrogens with zero attached hydrogens (tertiary/aromatic N) is 1. The molecule has 1 aromatic rings. The number of aliphatic imine (C=N–C) groups is 1. The predicted octanol–water partition coefficient (Wildman–Crippen LogP) is 3.05. The van der Waals surface area contributed by atoms with Crippen molar-refractivity contribution < 1.29 is 4.39 Å². The van der Waals surface area contributed by atoms with E-state index < -0.39 is 0 Å². The Morgan fingerprint density at radius 1 is 1.30 bits per heavy atom. The van der Waals surface area contributed by atoms with Crippen molar-refractivity contribution in [1.29, 1.82) is 0 Å². The van der Waals surface area contributed by atoms with Crippen molar-refractivity contribution in [2.24, 2.45) is 4.99 Å². The van der Waals surface area contributed by atoms with Crippen molar-refractivity contribution >= 4 is 29.9 Å². The molecule has 5 heteroatoms. The quantitative estimate of drug-likeness (QED) is 0.470. The Balaban J connectivity index is 0.00000200. The number of nitrogens with one attached hydrogen (secondary N) is 2. The fourth-order valence-corrected chi connectivity index (χ4v) is 2.24. The number of halogens is 2. The molecule has 0 amide bonds. The predicted molar refractivity (Wildman–Crippen MR) is 92.4 cm³/mol. The van der Waals surface area contributed by atoms with Gasteiger partial charge in [-0.25, -0.2) is 4.39 Å². The highest BCUT2D eigenvalue weighted by Gasteiger charge is 2.44. The number of rotatable bonds is 4. The molecule has 0 spiro atoms. The van der Waals surface area contributed by atoms with Gasteiger partial charge >= 0.3 is 0 Å². The average molecular weight is 391 g/mol. The molecule has 1 fully saturated rings. The Morgan fingerprint density at radius 2 is 1.90 bits per heavy atom. The maximum Gasteiger partial charge on any atom is 0.191 e. The van der Waals surface area contributed by atoms with E-state index in [9.17, 15) is 4.39 Å². The lowest BCUT2D eigenvalue weighted by atomic mass is 9.96. The molecule has 1 aliphatic carbocycles. The summed E-state index contributed by atoms with van der Waals surface area (Å²) in [6.07, 6.45) is 2.29. The van der Waals surface area contributed by atoms with E-state index >= 15 is 0 Å².